The Morgan fingerprint density at radius 3 is 2.09 bits per heavy atom. The Morgan fingerprint density at radius 1 is 0.979 bits per heavy atom. The maximum Gasteiger partial charge on any atom is 0.253 e. The minimum atomic E-state index is -0.894. The lowest BCUT2D eigenvalue weighted by atomic mass is 9.60. The summed E-state index contributed by atoms with van der Waals surface area (Å²) in [6, 6.07) is 13.9. The van der Waals surface area contributed by atoms with Gasteiger partial charge in [-0.15, -0.1) is 10.2 Å². The van der Waals surface area contributed by atoms with E-state index in [4.69, 9.17) is 0 Å². The normalized spacial score (nSPS) is 22.9. The number of rotatable bonds is 8. The molecule has 4 aliphatic rings. The highest BCUT2D eigenvalue weighted by atomic mass is 16.2. The molecule has 1 saturated heterocycles. The number of H-pyrrole nitrogens is 1. The summed E-state index contributed by atoms with van der Waals surface area (Å²) >= 11 is 0. The first kappa shape index (κ1) is 31.0. The lowest BCUT2D eigenvalue weighted by Gasteiger charge is -2.49. The van der Waals surface area contributed by atoms with Crippen LogP contribution in [0.3, 0.4) is 0 Å². The fourth-order valence-electron chi connectivity index (χ4n) is 8.30. The summed E-state index contributed by atoms with van der Waals surface area (Å²) in [6.45, 7) is 0.149. The van der Waals surface area contributed by atoms with Gasteiger partial charge in [-0.3, -0.25) is 14.4 Å². The predicted molar refractivity (Wildman–Crippen MR) is 172 cm³/mol. The molecular formula is C35H41N9O3. The van der Waals surface area contributed by atoms with E-state index in [1.807, 2.05) is 41.3 Å². The van der Waals surface area contributed by atoms with Gasteiger partial charge in [0, 0.05) is 50.9 Å². The molecule has 7 rings (SSSR count). The number of hydrogen-bond donors (Lipinski definition) is 2. The summed E-state index contributed by atoms with van der Waals surface area (Å²) in [7, 11) is 6.98. The van der Waals surface area contributed by atoms with E-state index in [9.17, 15) is 19.6 Å². The number of benzene rings is 2. The number of piperidine rings is 1. The van der Waals surface area contributed by atoms with Gasteiger partial charge in [0.1, 0.15) is 6.04 Å². The maximum atomic E-state index is 13.6. The molecule has 12 heteroatoms. The van der Waals surface area contributed by atoms with Gasteiger partial charge in [0.15, 0.2) is 5.82 Å². The van der Waals surface area contributed by atoms with Gasteiger partial charge in [-0.2, -0.15) is 10.5 Å². The van der Waals surface area contributed by atoms with Crippen molar-refractivity contribution in [2.24, 2.45) is 5.92 Å². The van der Waals surface area contributed by atoms with E-state index in [1.165, 1.54) is 0 Å². The van der Waals surface area contributed by atoms with Crippen LogP contribution in [-0.4, -0.2) is 105 Å². The van der Waals surface area contributed by atoms with Crippen LogP contribution >= 0.6 is 0 Å². The van der Waals surface area contributed by atoms with Crippen molar-refractivity contribution in [1.29, 1.82) is 5.26 Å². The Hall–Kier alpha value is -4.63. The number of amides is 3. The highest BCUT2D eigenvalue weighted by Gasteiger charge is 2.55. The molecule has 2 heterocycles. The molecule has 12 nitrogen and oxygen atoms in total. The molecule has 3 fully saturated rings. The monoisotopic (exact) mass is 635 g/mol. The zero-order valence-corrected chi connectivity index (χ0v) is 27.4. The molecule has 2 saturated carbocycles. The number of tetrazole rings is 1. The first-order valence-electron chi connectivity index (χ1n) is 16.5. The van der Waals surface area contributed by atoms with Crippen LogP contribution < -0.4 is 5.32 Å². The largest absolute Gasteiger partial charge is 0.345 e. The molecule has 47 heavy (non-hydrogen) atoms. The fourth-order valence-corrected chi connectivity index (χ4v) is 8.30. The number of carbonyl (C=O) groups is 3. The second-order valence-corrected chi connectivity index (χ2v) is 14.2. The van der Waals surface area contributed by atoms with E-state index < -0.39 is 11.0 Å². The third kappa shape index (κ3) is 5.17. The summed E-state index contributed by atoms with van der Waals surface area (Å²) in [5.41, 5.74) is 3.89. The van der Waals surface area contributed by atoms with Crippen LogP contribution in [0.25, 0.3) is 0 Å². The van der Waals surface area contributed by atoms with Gasteiger partial charge < -0.3 is 20.0 Å². The van der Waals surface area contributed by atoms with Gasteiger partial charge in [-0.1, -0.05) is 17.3 Å². The maximum absolute atomic E-state index is 13.6. The van der Waals surface area contributed by atoms with Crippen molar-refractivity contribution in [3.05, 3.63) is 75.6 Å². The van der Waals surface area contributed by atoms with Crippen LogP contribution in [0.5, 0.6) is 0 Å². The number of nitrogens with zero attached hydrogens (tertiary/aromatic N) is 7. The van der Waals surface area contributed by atoms with Gasteiger partial charge in [-0.25, -0.2) is 0 Å². The second-order valence-electron chi connectivity index (χ2n) is 14.2. The van der Waals surface area contributed by atoms with E-state index in [0.717, 1.165) is 54.4 Å². The predicted octanol–water partition coefficient (Wildman–Crippen LogP) is 2.45. The zero-order chi connectivity index (χ0) is 33.1. The Bertz CT molecular complexity index is 1700. The van der Waals surface area contributed by atoms with Crippen molar-refractivity contribution < 1.29 is 14.4 Å². The van der Waals surface area contributed by atoms with Crippen LogP contribution in [-0.2, 0) is 23.1 Å². The Kier molecular flexibility index (Phi) is 7.62. The molecule has 3 aliphatic carbocycles. The Labute approximate surface area is 274 Å². The molecule has 1 aliphatic heterocycles. The highest BCUT2D eigenvalue weighted by Crippen LogP contribution is 2.52. The van der Waals surface area contributed by atoms with E-state index in [0.29, 0.717) is 42.1 Å². The number of likely N-dealkylation sites (tertiary alicyclic amines) is 1. The number of aromatic amines is 1. The van der Waals surface area contributed by atoms with Crippen LogP contribution in [0.2, 0.25) is 0 Å². The van der Waals surface area contributed by atoms with Gasteiger partial charge in [0.2, 0.25) is 5.91 Å². The lowest BCUT2D eigenvalue weighted by Crippen LogP contribution is -2.58. The minimum absolute atomic E-state index is 0.0261. The molecule has 2 aromatic carbocycles. The topological polar surface area (TPSA) is 151 Å². The van der Waals surface area contributed by atoms with Gasteiger partial charge >= 0.3 is 0 Å². The molecule has 0 bridgehead atoms. The number of carbonyl (C=O) groups excluding carboxylic acids is 3. The van der Waals surface area contributed by atoms with Crippen molar-refractivity contribution in [2.45, 2.75) is 74.4 Å². The zero-order valence-electron chi connectivity index (χ0n) is 27.4. The van der Waals surface area contributed by atoms with Crippen LogP contribution in [0.15, 0.2) is 36.4 Å². The molecule has 0 spiro atoms. The number of aromatic nitrogens is 4. The van der Waals surface area contributed by atoms with E-state index in [2.05, 4.69) is 32.0 Å². The number of aryl methyl sites for hydroxylation is 2. The number of hydrogen-bond acceptors (Lipinski definition) is 8. The molecule has 3 aromatic rings. The summed E-state index contributed by atoms with van der Waals surface area (Å²) in [5.74, 6) is 0.774. The molecule has 0 radical (unpaired) electrons. The third-order valence-electron chi connectivity index (χ3n) is 10.9. The summed E-state index contributed by atoms with van der Waals surface area (Å²) in [5, 5.41) is 29.4. The summed E-state index contributed by atoms with van der Waals surface area (Å²) in [4.78, 5) is 44.8. The van der Waals surface area contributed by atoms with Crippen LogP contribution in [0, 0.1) is 17.2 Å². The Balaban J connectivity index is 1.34. The molecule has 0 unspecified atom stereocenters. The minimum Gasteiger partial charge on any atom is -0.345 e. The molecular weight excluding hydrogens is 594 g/mol. The fraction of sp³-hybridized carbons (Fsp3) is 0.514. The molecule has 3 amide bonds. The van der Waals surface area contributed by atoms with Crippen molar-refractivity contribution in [3.63, 3.8) is 0 Å². The van der Waals surface area contributed by atoms with Crippen molar-refractivity contribution in [1.82, 2.24) is 40.6 Å². The smallest absolute Gasteiger partial charge is 0.253 e. The molecule has 1 aromatic heterocycles. The van der Waals surface area contributed by atoms with Crippen LogP contribution in [0.4, 0.5) is 0 Å². The summed E-state index contributed by atoms with van der Waals surface area (Å²) in [6.07, 6.45) is 6.32. The molecule has 244 valence electrons. The molecule has 2 N–H and O–H groups in total. The summed E-state index contributed by atoms with van der Waals surface area (Å²) < 4.78 is 0. The average molecular weight is 636 g/mol. The highest BCUT2D eigenvalue weighted by molar-refractivity contribution is 5.95. The first-order valence-corrected chi connectivity index (χ1v) is 16.5. The average Bonchev–Trinajstić information content (AvgIpc) is 3.43. The van der Waals surface area contributed by atoms with E-state index in [-0.39, 0.29) is 36.3 Å². The SMILES string of the molecule is CN(C)C(=O)c1ccc2c(c1)CCc1cc(C(=O)N(C)C)ccc1C2(CC1(NCC(=O)N2[C@H](C#N)C[C@@H]3C[C@@H]32)CCC1)c1nn[nH]n1. The van der Waals surface area contributed by atoms with E-state index in [1.54, 1.807) is 38.0 Å². The first-order chi connectivity index (χ1) is 22.6. The second kappa shape index (κ2) is 11.6. The van der Waals surface area contributed by atoms with Crippen LogP contribution in [0.1, 0.15) is 87.3 Å². The number of fused-ring (bicyclic) bond motifs is 3. The molecule has 3 atom stereocenters. The number of nitrogens with one attached hydrogen (secondary N) is 2. The Morgan fingerprint density at radius 2 is 1.60 bits per heavy atom. The van der Waals surface area contributed by atoms with Gasteiger partial charge in [-0.05, 0) is 104 Å². The lowest BCUT2D eigenvalue weighted by molar-refractivity contribution is -0.131. The van der Waals surface area contributed by atoms with Crippen molar-refractivity contribution >= 4 is 17.7 Å². The third-order valence-corrected chi connectivity index (χ3v) is 10.9. The van der Waals surface area contributed by atoms with Crippen molar-refractivity contribution in [3.8, 4) is 6.07 Å². The van der Waals surface area contributed by atoms with Crippen molar-refractivity contribution in [2.75, 3.05) is 34.7 Å². The number of nitriles is 1. The van der Waals surface area contributed by atoms with Gasteiger partial charge in [0.05, 0.1) is 18.0 Å². The standard InChI is InChI=1S/C35H41N9O3/c1-42(2)31(46)23-8-10-27-21(14-23)6-7-22-15-24(32(47)43(3)4)9-11-28(22)35(27,33-38-40-41-39-33)20-34(12-5-13-34)37-19-30(45)44-26(18-36)16-25-17-29(25)44/h8-11,14-15,25-26,29,37H,5-7,12-13,16-17,19-20H2,1-4H3,(H,38,39,40,41)/t25-,26+,29+/m1/s1. The van der Waals surface area contributed by atoms with E-state index >= 15 is 0 Å². The van der Waals surface area contributed by atoms with Gasteiger partial charge in [0.25, 0.3) is 11.8 Å². The quantitative estimate of drug-likeness (QED) is 0.383.